The lowest BCUT2D eigenvalue weighted by molar-refractivity contribution is -0.114. The van der Waals surface area contributed by atoms with Crippen molar-refractivity contribution >= 4 is 46.3 Å². The Balaban J connectivity index is 0.000000181. The van der Waals surface area contributed by atoms with E-state index in [1.807, 2.05) is 48.2 Å². The highest BCUT2D eigenvalue weighted by molar-refractivity contribution is 7.99. The van der Waals surface area contributed by atoms with Crippen LogP contribution in [0.5, 0.6) is 0 Å². The lowest BCUT2D eigenvalue weighted by atomic mass is 9.86. The number of allylic oxidation sites excluding steroid dienone is 5. The van der Waals surface area contributed by atoms with Gasteiger partial charge in [-0.3, -0.25) is 9.59 Å². The van der Waals surface area contributed by atoms with Crippen LogP contribution in [0.1, 0.15) is 17.9 Å². The zero-order valence-corrected chi connectivity index (χ0v) is 23.2. The fourth-order valence-electron chi connectivity index (χ4n) is 4.46. The van der Waals surface area contributed by atoms with E-state index in [2.05, 4.69) is 66.9 Å². The average Bonchev–Trinajstić information content (AvgIpc) is 2.92. The van der Waals surface area contributed by atoms with Crippen LogP contribution in [0.15, 0.2) is 119 Å². The summed E-state index contributed by atoms with van der Waals surface area (Å²) in [4.78, 5) is 30.3. The van der Waals surface area contributed by atoms with E-state index in [1.54, 1.807) is 6.08 Å². The summed E-state index contributed by atoms with van der Waals surface area (Å²) in [5.41, 5.74) is 3.96. The van der Waals surface area contributed by atoms with E-state index in [-0.39, 0.29) is 17.5 Å². The third-order valence-electron chi connectivity index (χ3n) is 6.29. The molecule has 0 N–H and O–H groups in total. The number of hydrogen-bond acceptors (Lipinski definition) is 5. The van der Waals surface area contributed by atoms with Crippen LogP contribution in [0, 0.1) is 0 Å². The van der Waals surface area contributed by atoms with Crippen molar-refractivity contribution in [3.8, 4) is 0 Å². The summed E-state index contributed by atoms with van der Waals surface area (Å²) in [6.45, 7) is 5.83. The number of benzene rings is 3. The van der Waals surface area contributed by atoms with Crippen molar-refractivity contribution in [2.45, 2.75) is 22.1 Å². The number of carbonyl (C=O) groups excluding carboxylic acids is 2. The van der Waals surface area contributed by atoms with Crippen molar-refractivity contribution in [2.24, 2.45) is 0 Å². The Morgan fingerprint density at radius 2 is 1.66 bits per heavy atom. The second kappa shape index (κ2) is 12.9. The van der Waals surface area contributed by atoms with Crippen LogP contribution in [0.2, 0.25) is 5.02 Å². The number of halogens is 1. The summed E-state index contributed by atoms with van der Waals surface area (Å²) in [5.74, 6) is -0.502. The van der Waals surface area contributed by atoms with Crippen LogP contribution in [0.25, 0.3) is 0 Å². The SMILES string of the molecule is C=CC(C1=CC(=O)C=CC1=O)c1ccccc1.CN(C)CCCN1c2ccccc2Sc2ccc(Cl)cc21. The fraction of sp³-hybridized carbons (Fsp3) is 0.188. The Morgan fingerprint density at radius 3 is 2.39 bits per heavy atom. The smallest absolute Gasteiger partial charge is 0.183 e. The molecule has 3 aromatic carbocycles. The molecule has 0 aromatic heterocycles. The van der Waals surface area contributed by atoms with Gasteiger partial charge in [-0.1, -0.05) is 71.9 Å². The minimum Gasteiger partial charge on any atom is -0.340 e. The van der Waals surface area contributed by atoms with Crippen molar-refractivity contribution < 1.29 is 9.59 Å². The maximum atomic E-state index is 11.8. The van der Waals surface area contributed by atoms with Crippen LogP contribution < -0.4 is 4.90 Å². The number of para-hydroxylation sites is 1. The van der Waals surface area contributed by atoms with E-state index in [0.29, 0.717) is 5.57 Å². The number of nitrogens with zero attached hydrogens (tertiary/aromatic N) is 2. The van der Waals surface area contributed by atoms with Gasteiger partial charge in [-0.15, -0.1) is 6.58 Å². The molecule has 1 aliphatic heterocycles. The second-order valence-electron chi connectivity index (χ2n) is 9.31. The van der Waals surface area contributed by atoms with Crippen LogP contribution >= 0.6 is 23.4 Å². The Labute approximate surface area is 234 Å². The first-order valence-electron chi connectivity index (χ1n) is 12.5. The molecule has 1 unspecified atom stereocenters. The minimum absolute atomic E-state index is 0.127. The topological polar surface area (TPSA) is 40.6 Å². The van der Waals surface area contributed by atoms with E-state index in [4.69, 9.17) is 11.6 Å². The monoisotopic (exact) mass is 542 g/mol. The summed E-state index contributed by atoms with van der Waals surface area (Å²) < 4.78 is 0. The lowest BCUT2D eigenvalue weighted by Crippen LogP contribution is -2.25. The third kappa shape index (κ3) is 6.73. The first-order chi connectivity index (χ1) is 18.4. The van der Waals surface area contributed by atoms with Crippen molar-refractivity contribution in [3.63, 3.8) is 0 Å². The van der Waals surface area contributed by atoms with Crippen LogP contribution in [0.4, 0.5) is 11.4 Å². The summed E-state index contributed by atoms with van der Waals surface area (Å²) in [7, 11) is 4.23. The number of ketones is 2. The average molecular weight is 543 g/mol. The molecule has 0 bridgehead atoms. The van der Waals surface area contributed by atoms with Crippen molar-refractivity contribution in [3.05, 3.63) is 120 Å². The summed E-state index contributed by atoms with van der Waals surface area (Å²) in [5, 5.41) is 0.798. The van der Waals surface area contributed by atoms with Gasteiger partial charge in [0, 0.05) is 32.8 Å². The maximum absolute atomic E-state index is 11.8. The van der Waals surface area contributed by atoms with E-state index in [1.165, 1.54) is 39.4 Å². The van der Waals surface area contributed by atoms with E-state index in [0.717, 1.165) is 30.1 Å². The quantitative estimate of drug-likeness (QED) is 0.228. The molecule has 0 spiro atoms. The molecule has 3 aromatic rings. The van der Waals surface area contributed by atoms with Gasteiger partial charge in [0.05, 0.1) is 11.4 Å². The molecule has 0 amide bonds. The van der Waals surface area contributed by atoms with Gasteiger partial charge in [-0.25, -0.2) is 0 Å². The molecule has 1 heterocycles. The Hall–Kier alpha value is -3.38. The Kier molecular flexibility index (Phi) is 9.40. The zero-order chi connectivity index (χ0) is 27.1. The highest BCUT2D eigenvalue weighted by atomic mass is 35.5. The Bertz CT molecular complexity index is 1380. The predicted octanol–water partition coefficient (Wildman–Crippen LogP) is 7.49. The van der Waals surface area contributed by atoms with Gasteiger partial charge in [0.2, 0.25) is 0 Å². The van der Waals surface area contributed by atoms with Gasteiger partial charge in [0.1, 0.15) is 0 Å². The fourth-order valence-corrected chi connectivity index (χ4v) is 5.70. The molecule has 0 fully saturated rings. The first kappa shape index (κ1) is 27.6. The molecule has 1 atom stereocenters. The predicted molar refractivity (Wildman–Crippen MR) is 159 cm³/mol. The van der Waals surface area contributed by atoms with E-state index < -0.39 is 0 Å². The number of hydrogen-bond donors (Lipinski definition) is 0. The molecule has 2 aliphatic rings. The van der Waals surface area contributed by atoms with Crippen LogP contribution in [-0.4, -0.2) is 43.7 Å². The van der Waals surface area contributed by atoms with Gasteiger partial charge in [-0.05, 0) is 81.2 Å². The molecule has 5 rings (SSSR count). The molecular weight excluding hydrogens is 512 g/mol. The first-order valence-corrected chi connectivity index (χ1v) is 13.7. The van der Waals surface area contributed by atoms with Gasteiger partial charge in [0.15, 0.2) is 11.6 Å². The molecule has 0 saturated heterocycles. The number of anilines is 2. The molecule has 194 valence electrons. The summed E-state index contributed by atoms with van der Waals surface area (Å²) in [6, 6.07) is 24.3. The van der Waals surface area contributed by atoms with E-state index >= 15 is 0 Å². The van der Waals surface area contributed by atoms with Crippen molar-refractivity contribution in [1.82, 2.24) is 4.90 Å². The standard InChI is InChI=1S/C17H19ClN2S.C15H12O2/c1-19(2)10-5-11-20-14-6-3-4-7-16(14)21-17-9-8-13(18)12-15(17)20;1-2-13(11-6-4-3-5-7-11)14-10-12(16)8-9-15(14)17/h3-4,6-9,12H,5,10-11H2,1-2H3;2-10,13H,1H2. The van der Waals surface area contributed by atoms with Crippen LogP contribution in [0.3, 0.4) is 0 Å². The molecular formula is C32H31ClN2O2S. The maximum Gasteiger partial charge on any atom is 0.183 e. The van der Waals surface area contributed by atoms with Gasteiger partial charge in [0.25, 0.3) is 0 Å². The number of rotatable bonds is 7. The lowest BCUT2D eigenvalue weighted by Gasteiger charge is -2.33. The second-order valence-corrected chi connectivity index (χ2v) is 10.8. The minimum atomic E-state index is -0.224. The third-order valence-corrected chi connectivity index (χ3v) is 7.65. The molecule has 0 saturated carbocycles. The molecule has 38 heavy (non-hydrogen) atoms. The van der Waals surface area contributed by atoms with Crippen molar-refractivity contribution in [2.75, 3.05) is 32.1 Å². The van der Waals surface area contributed by atoms with Gasteiger partial charge >= 0.3 is 0 Å². The largest absolute Gasteiger partial charge is 0.340 e. The molecule has 1 aliphatic carbocycles. The number of fused-ring (bicyclic) bond motifs is 2. The highest BCUT2D eigenvalue weighted by Crippen LogP contribution is 2.48. The normalized spacial score (nSPS) is 14.7. The molecule has 0 radical (unpaired) electrons. The zero-order valence-electron chi connectivity index (χ0n) is 21.6. The Morgan fingerprint density at radius 1 is 0.947 bits per heavy atom. The molecule has 6 heteroatoms. The van der Waals surface area contributed by atoms with Crippen LogP contribution in [-0.2, 0) is 9.59 Å². The molecule has 4 nitrogen and oxygen atoms in total. The van der Waals surface area contributed by atoms with E-state index in [9.17, 15) is 9.59 Å². The highest BCUT2D eigenvalue weighted by Gasteiger charge is 2.23. The van der Waals surface area contributed by atoms with Gasteiger partial charge in [-0.2, -0.15) is 0 Å². The van der Waals surface area contributed by atoms with Crippen molar-refractivity contribution in [1.29, 1.82) is 0 Å². The summed E-state index contributed by atoms with van der Waals surface area (Å²) in [6.07, 6.45) is 6.80. The summed E-state index contributed by atoms with van der Waals surface area (Å²) >= 11 is 8.03. The number of carbonyl (C=O) groups is 2. The van der Waals surface area contributed by atoms with Gasteiger partial charge < -0.3 is 9.80 Å².